The van der Waals surface area contributed by atoms with Gasteiger partial charge in [0.15, 0.2) is 0 Å². The lowest BCUT2D eigenvalue weighted by molar-refractivity contribution is -0.122. The molecule has 3 N–H and O–H groups in total. The highest BCUT2D eigenvalue weighted by Crippen LogP contribution is 2.16. The van der Waals surface area contributed by atoms with Crippen LogP contribution in [-0.2, 0) is 11.3 Å². The summed E-state index contributed by atoms with van der Waals surface area (Å²) in [6.45, 7) is 7.22. The predicted octanol–water partition coefficient (Wildman–Crippen LogP) is 2.20. The van der Waals surface area contributed by atoms with Gasteiger partial charge in [-0.2, -0.15) is 0 Å². The van der Waals surface area contributed by atoms with Crippen molar-refractivity contribution in [2.24, 2.45) is 5.73 Å². The molecule has 1 aromatic carbocycles. The van der Waals surface area contributed by atoms with Crippen molar-refractivity contribution in [2.75, 3.05) is 13.1 Å². The van der Waals surface area contributed by atoms with E-state index in [1.54, 1.807) is 0 Å². The fourth-order valence-electron chi connectivity index (χ4n) is 2.92. The van der Waals surface area contributed by atoms with E-state index in [9.17, 15) is 4.79 Å². The molecule has 1 unspecified atom stereocenters. The van der Waals surface area contributed by atoms with E-state index < -0.39 is 0 Å². The van der Waals surface area contributed by atoms with Gasteiger partial charge in [0.05, 0.1) is 0 Å². The molecule has 0 bridgehead atoms. The van der Waals surface area contributed by atoms with E-state index in [1.807, 2.05) is 6.92 Å². The van der Waals surface area contributed by atoms with Crippen LogP contribution in [-0.4, -0.2) is 36.0 Å². The molecule has 1 fully saturated rings. The molecule has 0 aliphatic carbocycles. The maximum absolute atomic E-state index is 11.9. The lowest BCUT2D eigenvalue weighted by atomic mass is 10.0. The highest BCUT2D eigenvalue weighted by atomic mass is 16.1. The zero-order valence-corrected chi connectivity index (χ0v) is 13.8. The van der Waals surface area contributed by atoms with Crippen LogP contribution in [0.1, 0.15) is 43.7 Å². The number of nitrogens with zero attached hydrogens (tertiary/aromatic N) is 1. The smallest absolute Gasteiger partial charge is 0.220 e. The minimum atomic E-state index is 0.0988. The van der Waals surface area contributed by atoms with Gasteiger partial charge in [0.1, 0.15) is 0 Å². The van der Waals surface area contributed by atoms with E-state index in [0.717, 1.165) is 38.9 Å². The van der Waals surface area contributed by atoms with Crippen LogP contribution in [0.4, 0.5) is 0 Å². The van der Waals surface area contributed by atoms with Gasteiger partial charge in [-0.3, -0.25) is 9.69 Å². The number of rotatable bonds is 6. The van der Waals surface area contributed by atoms with Crippen LogP contribution in [0, 0.1) is 6.92 Å². The summed E-state index contributed by atoms with van der Waals surface area (Å²) in [7, 11) is 0. The monoisotopic (exact) mass is 303 g/mol. The molecular formula is C18H29N3O. The van der Waals surface area contributed by atoms with Crippen LogP contribution in [0.3, 0.4) is 0 Å². The summed E-state index contributed by atoms with van der Waals surface area (Å²) >= 11 is 0. The maximum Gasteiger partial charge on any atom is 0.220 e. The van der Waals surface area contributed by atoms with Gasteiger partial charge in [0.2, 0.25) is 5.91 Å². The van der Waals surface area contributed by atoms with E-state index >= 15 is 0 Å². The Morgan fingerprint density at radius 2 is 2.05 bits per heavy atom. The number of hydrogen-bond donors (Lipinski definition) is 2. The van der Waals surface area contributed by atoms with Crippen LogP contribution in [0.25, 0.3) is 0 Å². The van der Waals surface area contributed by atoms with Crippen molar-refractivity contribution in [3.8, 4) is 0 Å². The largest absolute Gasteiger partial charge is 0.353 e. The maximum atomic E-state index is 11.9. The fourth-order valence-corrected chi connectivity index (χ4v) is 2.92. The van der Waals surface area contributed by atoms with E-state index in [-0.39, 0.29) is 11.9 Å². The van der Waals surface area contributed by atoms with E-state index in [1.165, 1.54) is 11.1 Å². The van der Waals surface area contributed by atoms with Crippen LogP contribution in [0.15, 0.2) is 24.3 Å². The Morgan fingerprint density at radius 3 is 2.68 bits per heavy atom. The summed E-state index contributed by atoms with van der Waals surface area (Å²) in [4.78, 5) is 14.3. The lowest BCUT2D eigenvalue weighted by Gasteiger charge is -2.32. The van der Waals surface area contributed by atoms with Gasteiger partial charge in [0, 0.05) is 38.1 Å². The Kier molecular flexibility index (Phi) is 6.40. The molecule has 1 amide bonds. The Morgan fingerprint density at radius 1 is 1.36 bits per heavy atom. The number of amides is 1. The standard InChI is InChI=1S/C18H29N3O/c1-14-5-3-4-6-16(14)13-21-11-9-17(10-12-21)20-18(22)8-7-15(2)19/h3-6,15,17H,7-13,19H2,1-2H3,(H,20,22). The number of piperidine rings is 1. The molecule has 0 radical (unpaired) electrons. The van der Waals surface area contributed by atoms with Crippen molar-refractivity contribution in [3.63, 3.8) is 0 Å². The van der Waals surface area contributed by atoms with Crippen LogP contribution < -0.4 is 11.1 Å². The number of carbonyl (C=O) groups is 1. The molecule has 1 aliphatic heterocycles. The molecule has 0 spiro atoms. The summed E-state index contributed by atoms with van der Waals surface area (Å²) in [6.07, 6.45) is 3.38. The fraction of sp³-hybridized carbons (Fsp3) is 0.611. The second-order valence-corrected chi connectivity index (χ2v) is 6.56. The van der Waals surface area contributed by atoms with Crippen molar-refractivity contribution < 1.29 is 4.79 Å². The summed E-state index contributed by atoms with van der Waals surface area (Å²) in [6, 6.07) is 8.99. The molecular weight excluding hydrogens is 274 g/mol. The molecule has 1 aromatic rings. The van der Waals surface area contributed by atoms with Crippen LogP contribution in [0.2, 0.25) is 0 Å². The van der Waals surface area contributed by atoms with Crippen molar-refractivity contribution in [1.29, 1.82) is 0 Å². The number of nitrogens with two attached hydrogens (primary N) is 1. The van der Waals surface area contributed by atoms with Crippen LogP contribution in [0.5, 0.6) is 0 Å². The number of benzene rings is 1. The van der Waals surface area contributed by atoms with Gasteiger partial charge >= 0.3 is 0 Å². The first-order valence-corrected chi connectivity index (χ1v) is 8.36. The summed E-state index contributed by atoms with van der Waals surface area (Å²) in [5, 5.41) is 3.15. The number of carbonyl (C=O) groups excluding carboxylic acids is 1. The minimum Gasteiger partial charge on any atom is -0.353 e. The summed E-state index contributed by atoms with van der Waals surface area (Å²) in [5.41, 5.74) is 8.45. The molecule has 4 heteroatoms. The third kappa shape index (κ3) is 5.43. The number of aryl methyl sites for hydroxylation is 1. The molecule has 1 atom stereocenters. The molecule has 0 saturated carbocycles. The third-order valence-corrected chi connectivity index (χ3v) is 4.43. The second kappa shape index (κ2) is 8.30. The molecule has 1 heterocycles. The van der Waals surface area contributed by atoms with Gasteiger partial charge in [-0.05, 0) is 44.2 Å². The molecule has 1 saturated heterocycles. The summed E-state index contributed by atoms with van der Waals surface area (Å²) < 4.78 is 0. The van der Waals surface area contributed by atoms with Crippen molar-refractivity contribution in [1.82, 2.24) is 10.2 Å². The quantitative estimate of drug-likeness (QED) is 0.847. The van der Waals surface area contributed by atoms with Crippen molar-refractivity contribution in [3.05, 3.63) is 35.4 Å². The van der Waals surface area contributed by atoms with Gasteiger partial charge in [-0.15, -0.1) is 0 Å². The lowest BCUT2D eigenvalue weighted by Crippen LogP contribution is -2.44. The SMILES string of the molecule is Cc1ccccc1CN1CCC(NC(=O)CCC(C)N)CC1. The summed E-state index contributed by atoms with van der Waals surface area (Å²) in [5.74, 6) is 0.148. The predicted molar refractivity (Wildman–Crippen MR) is 90.5 cm³/mol. The van der Waals surface area contributed by atoms with E-state index in [0.29, 0.717) is 12.5 Å². The van der Waals surface area contributed by atoms with Crippen molar-refractivity contribution in [2.45, 2.75) is 58.2 Å². The molecule has 0 aromatic heterocycles. The third-order valence-electron chi connectivity index (χ3n) is 4.43. The van der Waals surface area contributed by atoms with E-state index in [4.69, 9.17) is 5.73 Å². The van der Waals surface area contributed by atoms with Crippen LogP contribution >= 0.6 is 0 Å². The number of nitrogens with one attached hydrogen (secondary N) is 1. The topological polar surface area (TPSA) is 58.4 Å². The minimum absolute atomic E-state index is 0.0988. The molecule has 122 valence electrons. The Bertz CT molecular complexity index is 479. The van der Waals surface area contributed by atoms with Gasteiger partial charge in [0.25, 0.3) is 0 Å². The number of hydrogen-bond acceptors (Lipinski definition) is 3. The second-order valence-electron chi connectivity index (χ2n) is 6.56. The van der Waals surface area contributed by atoms with E-state index in [2.05, 4.69) is 41.4 Å². The Hall–Kier alpha value is -1.39. The first-order chi connectivity index (χ1) is 10.5. The number of likely N-dealkylation sites (tertiary alicyclic amines) is 1. The Labute approximate surface area is 134 Å². The average molecular weight is 303 g/mol. The molecule has 4 nitrogen and oxygen atoms in total. The zero-order chi connectivity index (χ0) is 15.9. The average Bonchev–Trinajstić information content (AvgIpc) is 2.49. The molecule has 1 aliphatic rings. The Balaban J connectivity index is 1.72. The van der Waals surface area contributed by atoms with Crippen molar-refractivity contribution >= 4 is 5.91 Å². The molecule has 22 heavy (non-hydrogen) atoms. The van der Waals surface area contributed by atoms with Gasteiger partial charge in [-0.1, -0.05) is 24.3 Å². The highest BCUT2D eigenvalue weighted by Gasteiger charge is 2.20. The highest BCUT2D eigenvalue weighted by molar-refractivity contribution is 5.76. The van der Waals surface area contributed by atoms with Gasteiger partial charge in [-0.25, -0.2) is 0 Å². The molecule has 2 rings (SSSR count). The zero-order valence-electron chi connectivity index (χ0n) is 13.8. The van der Waals surface area contributed by atoms with Gasteiger partial charge < -0.3 is 11.1 Å². The normalized spacial score (nSPS) is 18.1. The first kappa shape index (κ1) is 17.0. The first-order valence-electron chi connectivity index (χ1n) is 8.36.